The van der Waals surface area contributed by atoms with E-state index >= 15 is 0 Å². The van der Waals surface area contributed by atoms with Gasteiger partial charge in [-0.15, -0.1) is 11.8 Å². The van der Waals surface area contributed by atoms with E-state index in [9.17, 15) is 4.79 Å². The predicted octanol–water partition coefficient (Wildman–Crippen LogP) is 2.97. The van der Waals surface area contributed by atoms with Gasteiger partial charge in [0, 0.05) is 15.7 Å². The van der Waals surface area contributed by atoms with Gasteiger partial charge in [0.1, 0.15) is 6.04 Å². The molecule has 3 nitrogen and oxygen atoms in total. The lowest BCUT2D eigenvalue weighted by molar-refractivity contribution is -0.144. The van der Waals surface area contributed by atoms with Crippen LogP contribution in [0.15, 0.2) is 29.2 Å². The highest BCUT2D eigenvalue weighted by atomic mass is 35.5. The summed E-state index contributed by atoms with van der Waals surface area (Å²) in [6.45, 7) is 4.93. The number of halogens is 1. The minimum atomic E-state index is -0.268. The van der Waals surface area contributed by atoms with Gasteiger partial charge in [-0.05, 0) is 37.7 Å². The molecule has 0 aliphatic carbocycles. The molecule has 0 saturated carbocycles. The molecule has 0 aromatic heterocycles. The monoisotopic (exact) mass is 287 g/mol. The van der Waals surface area contributed by atoms with Gasteiger partial charge in [0.25, 0.3) is 0 Å². The summed E-state index contributed by atoms with van der Waals surface area (Å²) in [5.74, 6) is 0.453. The van der Waals surface area contributed by atoms with E-state index in [2.05, 4.69) is 5.32 Å². The Morgan fingerprint density at radius 3 is 2.61 bits per heavy atom. The van der Waals surface area contributed by atoms with Crippen LogP contribution in [0.3, 0.4) is 0 Å². The summed E-state index contributed by atoms with van der Waals surface area (Å²) in [6, 6.07) is 7.31. The van der Waals surface area contributed by atoms with E-state index in [4.69, 9.17) is 16.3 Å². The molecule has 0 spiro atoms. The van der Waals surface area contributed by atoms with Crippen LogP contribution < -0.4 is 5.32 Å². The van der Waals surface area contributed by atoms with Crippen molar-refractivity contribution in [3.8, 4) is 0 Å². The fourth-order valence-corrected chi connectivity index (χ4v) is 2.48. The Morgan fingerprint density at radius 2 is 2.06 bits per heavy atom. The normalized spacial score (nSPS) is 12.2. The van der Waals surface area contributed by atoms with E-state index in [0.717, 1.165) is 11.4 Å². The first kappa shape index (κ1) is 15.3. The number of ether oxygens (including phenoxy) is 1. The number of carbonyl (C=O) groups excluding carboxylic acids is 1. The minimum absolute atomic E-state index is 0.194. The van der Waals surface area contributed by atoms with Gasteiger partial charge in [-0.1, -0.05) is 18.5 Å². The smallest absolute Gasteiger partial charge is 0.323 e. The molecule has 1 rings (SSSR count). The van der Waals surface area contributed by atoms with Crippen LogP contribution in [0.25, 0.3) is 0 Å². The Kier molecular flexibility index (Phi) is 7.16. The van der Waals surface area contributed by atoms with Gasteiger partial charge in [0.15, 0.2) is 0 Å². The number of nitrogens with one attached hydrogen (secondary N) is 1. The number of benzene rings is 1. The Hall–Kier alpha value is -0.710. The number of carbonyl (C=O) groups is 1. The number of rotatable bonds is 7. The summed E-state index contributed by atoms with van der Waals surface area (Å²) >= 11 is 7.43. The van der Waals surface area contributed by atoms with Crippen molar-refractivity contribution in [2.24, 2.45) is 0 Å². The highest BCUT2D eigenvalue weighted by Crippen LogP contribution is 2.21. The first-order chi connectivity index (χ1) is 8.67. The summed E-state index contributed by atoms with van der Waals surface area (Å²) in [5.41, 5.74) is 0. The van der Waals surface area contributed by atoms with Crippen molar-refractivity contribution in [2.45, 2.75) is 24.8 Å². The number of hydrogen-bond donors (Lipinski definition) is 1. The van der Waals surface area contributed by atoms with Gasteiger partial charge in [-0.3, -0.25) is 4.79 Å². The SMILES string of the molecule is CCNC(CSc1ccc(Cl)cc1)C(=O)OCC. The van der Waals surface area contributed by atoms with Crippen LogP contribution in [-0.4, -0.2) is 30.9 Å². The van der Waals surface area contributed by atoms with Gasteiger partial charge in [-0.25, -0.2) is 0 Å². The third kappa shape index (κ3) is 5.29. The molecule has 0 aliphatic heterocycles. The standard InChI is InChI=1S/C13H18ClNO2S/c1-3-15-12(13(16)17-4-2)9-18-11-7-5-10(14)6-8-11/h5-8,12,15H,3-4,9H2,1-2H3. The number of esters is 1. The molecular weight excluding hydrogens is 270 g/mol. The summed E-state index contributed by atoms with van der Waals surface area (Å²) in [6.07, 6.45) is 0. The van der Waals surface area contributed by atoms with E-state index in [1.807, 2.05) is 38.1 Å². The van der Waals surface area contributed by atoms with Crippen LogP contribution >= 0.6 is 23.4 Å². The largest absolute Gasteiger partial charge is 0.465 e. The topological polar surface area (TPSA) is 38.3 Å². The molecule has 0 bridgehead atoms. The lowest BCUT2D eigenvalue weighted by Crippen LogP contribution is -2.40. The van der Waals surface area contributed by atoms with Crippen LogP contribution in [0.4, 0.5) is 0 Å². The molecule has 100 valence electrons. The lowest BCUT2D eigenvalue weighted by atomic mass is 10.3. The Labute approximate surface area is 117 Å². The Balaban J connectivity index is 2.51. The van der Waals surface area contributed by atoms with Crippen LogP contribution in [-0.2, 0) is 9.53 Å². The number of thioether (sulfide) groups is 1. The molecule has 1 N–H and O–H groups in total. The molecule has 0 fully saturated rings. The Morgan fingerprint density at radius 1 is 1.39 bits per heavy atom. The third-order valence-electron chi connectivity index (χ3n) is 2.25. The first-order valence-corrected chi connectivity index (χ1v) is 7.32. The van der Waals surface area contributed by atoms with Gasteiger partial charge in [0.05, 0.1) is 6.61 Å². The van der Waals surface area contributed by atoms with Crippen molar-refractivity contribution in [1.82, 2.24) is 5.32 Å². The maximum Gasteiger partial charge on any atom is 0.323 e. The van der Waals surface area contributed by atoms with Crippen molar-refractivity contribution in [3.63, 3.8) is 0 Å². The fraction of sp³-hybridized carbons (Fsp3) is 0.462. The van der Waals surface area contributed by atoms with Crippen LogP contribution in [0.5, 0.6) is 0 Å². The van der Waals surface area contributed by atoms with Crippen LogP contribution in [0, 0.1) is 0 Å². The molecule has 0 heterocycles. The summed E-state index contributed by atoms with van der Waals surface area (Å²) in [7, 11) is 0. The van der Waals surface area contributed by atoms with E-state index in [-0.39, 0.29) is 12.0 Å². The molecular formula is C13H18ClNO2S. The predicted molar refractivity (Wildman–Crippen MR) is 76.3 cm³/mol. The fourth-order valence-electron chi connectivity index (χ4n) is 1.41. The van der Waals surface area contributed by atoms with Crippen molar-refractivity contribution in [1.29, 1.82) is 0 Å². The van der Waals surface area contributed by atoms with Crippen molar-refractivity contribution in [2.75, 3.05) is 18.9 Å². The second-order valence-electron chi connectivity index (χ2n) is 3.63. The Bertz CT molecular complexity index is 370. The molecule has 0 saturated heterocycles. The maximum atomic E-state index is 11.7. The van der Waals surface area contributed by atoms with Crippen LogP contribution in [0.2, 0.25) is 5.02 Å². The van der Waals surface area contributed by atoms with E-state index in [0.29, 0.717) is 17.4 Å². The molecule has 1 aromatic carbocycles. The molecule has 18 heavy (non-hydrogen) atoms. The zero-order chi connectivity index (χ0) is 13.4. The van der Waals surface area contributed by atoms with E-state index < -0.39 is 0 Å². The van der Waals surface area contributed by atoms with E-state index in [1.54, 1.807) is 11.8 Å². The molecule has 1 aromatic rings. The summed E-state index contributed by atoms with van der Waals surface area (Å²) < 4.78 is 5.03. The zero-order valence-corrected chi connectivity index (χ0v) is 12.2. The average molecular weight is 288 g/mol. The molecule has 0 radical (unpaired) electrons. The molecule has 1 unspecified atom stereocenters. The lowest BCUT2D eigenvalue weighted by Gasteiger charge is -2.15. The second kappa shape index (κ2) is 8.40. The number of likely N-dealkylation sites (N-methyl/N-ethyl adjacent to an activating group) is 1. The summed E-state index contributed by atoms with van der Waals surface area (Å²) in [4.78, 5) is 12.8. The first-order valence-electron chi connectivity index (χ1n) is 5.95. The van der Waals surface area contributed by atoms with Crippen molar-refractivity contribution >= 4 is 29.3 Å². The van der Waals surface area contributed by atoms with E-state index in [1.165, 1.54) is 0 Å². The van der Waals surface area contributed by atoms with Crippen LogP contribution in [0.1, 0.15) is 13.8 Å². The quantitative estimate of drug-likeness (QED) is 0.618. The van der Waals surface area contributed by atoms with Gasteiger partial charge < -0.3 is 10.1 Å². The summed E-state index contributed by atoms with van der Waals surface area (Å²) in [5, 5.41) is 3.84. The second-order valence-corrected chi connectivity index (χ2v) is 5.16. The van der Waals surface area contributed by atoms with Crippen molar-refractivity contribution in [3.05, 3.63) is 29.3 Å². The van der Waals surface area contributed by atoms with Crippen molar-refractivity contribution < 1.29 is 9.53 Å². The molecule has 0 aliphatic rings. The highest BCUT2D eigenvalue weighted by Gasteiger charge is 2.18. The van der Waals surface area contributed by atoms with Gasteiger partial charge in [-0.2, -0.15) is 0 Å². The van der Waals surface area contributed by atoms with Gasteiger partial charge in [0.2, 0.25) is 0 Å². The minimum Gasteiger partial charge on any atom is -0.465 e. The zero-order valence-electron chi connectivity index (χ0n) is 10.6. The van der Waals surface area contributed by atoms with Gasteiger partial charge >= 0.3 is 5.97 Å². The highest BCUT2D eigenvalue weighted by molar-refractivity contribution is 7.99. The average Bonchev–Trinajstić information content (AvgIpc) is 2.36. The third-order valence-corrected chi connectivity index (χ3v) is 3.61. The molecule has 0 amide bonds. The molecule has 1 atom stereocenters. The maximum absolute atomic E-state index is 11.7. The molecule has 5 heteroatoms. The number of hydrogen-bond acceptors (Lipinski definition) is 4.